The smallest absolute Gasteiger partial charge is 0.227 e. The van der Waals surface area contributed by atoms with Crippen molar-refractivity contribution in [3.8, 4) is 11.5 Å². The molecular formula is C13H17BrN4O. The zero-order chi connectivity index (χ0) is 13.7. The van der Waals surface area contributed by atoms with Gasteiger partial charge in [-0.15, -0.1) is 0 Å². The second-order valence-corrected chi connectivity index (χ2v) is 5.42. The minimum atomic E-state index is 0.522. The predicted octanol–water partition coefficient (Wildman–Crippen LogP) is 2.81. The highest BCUT2D eigenvalue weighted by atomic mass is 79.9. The number of nitrogens with two attached hydrogens (primary N) is 1. The highest BCUT2D eigenvalue weighted by Gasteiger charge is 2.13. The molecule has 0 saturated carbocycles. The van der Waals surface area contributed by atoms with Crippen molar-refractivity contribution in [3.63, 3.8) is 0 Å². The molecule has 19 heavy (non-hydrogen) atoms. The van der Waals surface area contributed by atoms with Crippen LogP contribution < -0.4 is 5.73 Å². The van der Waals surface area contributed by atoms with Crippen LogP contribution in [0.1, 0.15) is 25.7 Å². The molecule has 1 atom stereocenters. The maximum Gasteiger partial charge on any atom is 0.227 e. The molecule has 0 aromatic carbocycles. The second kappa shape index (κ2) is 6.77. The van der Waals surface area contributed by atoms with Gasteiger partial charge in [0.2, 0.25) is 11.7 Å². The van der Waals surface area contributed by atoms with Gasteiger partial charge in [0, 0.05) is 17.1 Å². The quantitative estimate of drug-likeness (QED) is 0.883. The average Bonchev–Trinajstić information content (AvgIpc) is 2.86. The molecule has 0 radical (unpaired) electrons. The number of nitrogens with zero attached hydrogens (tertiary/aromatic N) is 3. The Morgan fingerprint density at radius 2 is 2.26 bits per heavy atom. The lowest BCUT2D eigenvalue weighted by atomic mass is 10.0. The summed E-state index contributed by atoms with van der Waals surface area (Å²) in [5, 5.41) is 3.97. The van der Waals surface area contributed by atoms with Crippen LogP contribution in [0, 0.1) is 5.92 Å². The Labute approximate surface area is 120 Å². The molecule has 0 fully saturated rings. The molecule has 0 spiro atoms. The number of aryl methyl sites for hydroxylation is 1. The second-order valence-electron chi connectivity index (χ2n) is 4.57. The van der Waals surface area contributed by atoms with Crippen LogP contribution in [0.4, 0.5) is 0 Å². The van der Waals surface area contributed by atoms with Gasteiger partial charge in [0.05, 0.1) is 0 Å². The van der Waals surface area contributed by atoms with E-state index < -0.39 is 0 Å². The van der Waals surface area contributed by atoms with Gasteiger partial charge in [-0.1, -0.05) is 12.1 Å². The Morgan fingerprint density at radius 3 is 3.00 bits per heavy atom. The summed E-state index contributed by atoms with van der Waals surface area (Å²) in [6.45, 7) is 2.90. The third-order valence-corrected chi connectivity index (χ3v) is 3.59. The summed E-state index contributed by atoms with van der Waals surface area (Å²) in [5.74, 6) is 1.74. The van der Waals surface area contributed by atoms with Crippen molar-refractivity contribution in [2.45, 2.75) is 26.2 Å². The van der Waals surface area contributed by atoms with Crippen LogP contribution >= 0.6 is 15.9 Å². The molecule has 0 aliphatic carbocycles. The Hall–Kier alpha value is -1.27. The fourth-order valence-electron chi connectivity index (χ4n) is 1.80. The van der Waals surface area contributed by atoms with E-state index in [-0.39, 0.29) is 0 Å². The van der Waals surface area contributed by atoms with Crippen molar-refractivity contribution in [1.82, 2.24) is 15.1 Å². The normalized spacial score (nSPS) is 12.6. The standard InChI is InChI=1S/C13H17BrN4O/c1-9(6-7-15)4-5-11-17-13(18-19-11)12-10(14)3-2-8-16-12/h2-3,8-9H,4-7,15H2,1H3. The lowest BCUT2D eigenvalue weighted by Crippen LogP contribution is -2.06. The first-order valence-electron chi connectivity index (χ1n) is 6.34. The Balaban J connectivity index is 2.02. The van der Waals surface area contributed by atoms with Crippen LogP contribution in [0.3, 0.4) is 0 Å². The molecule has 0 aliphatic heterocycles. The number of pyridine rings is 1. The highest BCUT2D eigenvalue weighted by molar-refractivity contribution is 9.10. The average molecular weight is 325 g/mol. The van der Waals surface area contributed by atoms with Gasteiger partial charge < -0.3 is 10.3 Å². The molecule has 102 valence electrons. The molecule has 0 aliphatic rings. The first kappa shape index (κ1) is 14.1. The third kappa shape index (κ3) is 3.84. The van der Waals surface area contributed by atoms with E-state index in [1.807, 2.05) is 12.1 Å². The van der Waals surface area contributed by atoms with E-state index >= 15 is 0 Å². The minimum absolute atomic E-state index is 0.522. The third-order valence-electron chi connectivity index (χ3n) is 2.95. The van der Waals surface area contributed by atoms with Gasteiger partial charge >= 0.3 is 0 Å². The van der Waals surface area contributed by atoms with Crippen LogP contribution in [0.2, 0.25) is 0 Å². The number of aromatic nitrogens is 3. The first-order valence-corrected chi connectivity index (χ1v) is 7.13. The van der Waals surface area contributed by atoms with E-state index in [1.165, 1.54) is 0 Å². The largest absolute Gasteiger partial charge is 0.339 e. The van der Waals surface area contributed by atoms with Crippen LogP contribution in [0.5, 0.6) is 0 Å². The first-order chi connectivity index (χ1) is 9.20. The Bertz CT molecular complexity index is 529. The van der Waals surface area contributed by atoms with E-state index in [0.29, 0.717) is 23.3 Å². The molecule has 2 aromatic heterocycles. The van der Waals surface area contributed by atoms with Crippen LogP contribution in [-0.4, -0.2) is 21.7 Å². The van der Waals surface area contributed by atoms with E-state index in [9.17, 15) is 0 Å². The molecule has 6 heteroatoms. The zero-order valence-corrected chi connectivity index (χ0v) is 12.4. The van der Waals surface area contributed by atoms with Crippen molar-refractivity contribution in [2.75, 3.05) is 6.54 Å². The van der Waals surface area contributed by atoms with Crippen molar-refractivity contribution < 1.29 is 4.52 Å². The zero-order valence-electron chi connectivity index (χ0n) is 10.8. The fraction of sp³-hybridized carbons (Fsp3) is 0.462. The lowest BCUT2D eigenvalue weighted by Gasteiger charge is -2.06. The minimum Gasteiger partial charge on any atom is -0.339 e. The summed E-state index contributed by atoms with van der Waals surface area (Å²) in [5.41, 5.74) is 6.23. The summed E-state index contributed by atoms with van der Waals surface area (Å²) >= 11 is 3.43. The monoisotopic (exact) mass is 324 g/mol. The summed E-state index contributed by atoms with van der Waals surface area (Å²) in [4.78, 5) is 8.61. The molecule has 2 heterocycles. The van der Waals surface area contributed by atoms with Crippen molar-refractivity contribution in [1.29, 1.82) is 0 Å². The summed E-state index contributed by atoms with van der Waals surface area (Å²) < 4.78 is 6.11. The molecule has 0 amide bonds. The maximum absolute atomic E-state index is 5.53. The van der Waals surface area contributed by atoms with Crippen molar-refractivity contribution >= 4 is 15.9 Å². The molecule has 1 unspecified atom stereocenters. The Morgan fingerprint density at radius 1 is 1.42 bits per heavy atom. The van der Waals surface area contributed by atoms with Crippen LogP contribution in [-0.2, 0) is 6.42 Å². The number of rotatable bonds is 6. The predicted molar refractivity (Wildman–Crippen MR) is 76.4 cm³/mol. The molecule has 5 nitrogen and oxygen atoms in total. The number of hydrogen-bond acceptors (Lipinski definition) is 5. The molecular weight excluding hydrogens is 308 g/mol. The highest BCUT2D eigenvalue weighted by Crippen LogP contribution is 2.23. The van der Waals surface area contributed by atoms with Gasteiger partial charge in [0.1, 0.15) is 5.69 Å². The van der Waals surface area contributed by atoms with Crippen LogP contribution in [0.25, 0.3) is 11.5 Å². The van der Waals surface area contributed by atoms with Gasteiger partial charge in [-0.05, 0) is 53.4 Å². The SMILES string of the molecule is CC(CCN)CCc1nc(-c2ncccc2Br)no1. The summed E-state index contributed by atoms with van der Waals surface area (Å²) in [7, 11) is 0. The molecule has 0 saturated heterocycles. The molecule has 0 bridgehead atoms. The number of hydrogen-bond donors (Lipinski definition) is 1. The fourth-order valence-corrected chi connectivity index (χ4v) is 2.23. The maximum atomic E-state index is 5.53. The van der Waals surface area contributed by atoms with Crippen LogP contribution in [0.15, 0.2) is 27.3 Å². The Kier molecular flexibility index (Phi) is 5.04. The molecule has 2 rings (SSSR count). The van der Waals surface area contributed by atoms with E-state index in [4.69, 9.17) is 10.3 Å². The van der Waals surface area contributed by atoms with Gasteiger partial charge in [-0.3, -0.25) is 4.98 Å². The van der Waals surface area contributed by atoms with Crippen molar-refractivity contribution in [3.05, 3.63) is 28.7 Å². The van der Waals surface area contributed by atoms with Gasteiger partial charge in [0.15, 0.2) is 0 Å². The van der Waals surface area contributed by atoms with Crippen molar-refractivity contribution in [2.24, 2.45) is 11.7 Å². The van der Waals surface area contributed by atoms with E-state index in [2.05, 4.69) is 38.0 Å². The van der Waals surface area contributed by atoms with Gasteiger partial charge in [0.25, 0.3) is 0 Å². The summed E-state index contributed by atoms with van der Waals surface area (Å²) in [6.07, 6.45) is 4.51. The topological polar surface area (TPSA) is 77.8 Å². The molecule has 2 N–H and O–H groups in total. The molecule has 2 aromatic rings. The van der Waals surface area contributed by atoms with E-state index in [1.54, 1.807) is 6.20 Å². The lowest BCUT2D eigenvalue weighted by molar-refractivity contribution is 0.362. The van der Waals surface area contributed by atoms with Gasteiger partial charge in [-0.2, -0.15) is 4.98 Å². The van der Waals surface area contributed by atoms with E-state index in [0.717, 1.165) is 30.3 Å². The summed E-state index contributed by atoms with van der Waals surface area (Å²) in [6, 6.07) is 3.75. The number of halogens is 1. The van der Waals surface area contributed by atoms with Gasteiger partial charge in [-0.25, -0.2) is 0 Å².